The average Bonchev–Trinajstić information content (AvgIpc) is 2.96. The first-order valence-corrected chi connectivity index (χ1v) is 14.0. The van der Waals surface area contributed by atoms with E-state index in [1.54, 1.807) is 0 Å². The van der Waals surface area contributed by atoms with E-state index in [0.29, 0.717) is 0 Å². The SMILES string of the molecule is BP(=O)(OC[C@H]1O[C@@H](n2cc(C)c(=O)[nH]c2=O)C[C@H]1N=[N+]=[N-])OP(=O)(O)CP(=O)(O)O. The van der Waals surface area contributed by atoms with Crippen LogP contribution in [0.3, 0.4) is 0 Å². The van der Waals surface area contributed by atoms with Crippen molar-refractivity contribution in [3.05, 3.63) is 43.0 Å². The molecule has 0 aromatic carbocycles. The number of aromatic amines is 1. The van der Waals surface area contributed by atoms with Gasteiger partial charge in [0, 0.05) is 23.1 Å². The molecule has 0 spiro atoms. The quantitative estimate of drug-likeness (QED) is 0.114. The number of rotatable bonds is 9. The number of hydrogen-bond donors (Lipinski definition) is 4. The fourth-order valence-corrected chi connectivity index (χ4v) is 7.74. The second-order valence-corrected chi connectivity index (χ2v) is 12.9. The van der Waals surface area contributed by atoms with E-state index >= 15 is 0 Å². The number of ether oxygens (including phenoxy) is 1. The Balaban J connectivity index is 2.14. The van der Waals surface area contributed by atoms with Crippen LogP contribution < -0.4 is 11.2 Å². The van der Waals surface area contributed by atoms with Crippen molar-refractivity contribution in [1.82, 2.24) is 9.55 Å². The van der Waals surface area contributed by atoms with Crippen molar-refractivity contribution >= 4 is 30.2 Å². The molecule has 4 N–H and O–H groups in total. The Kier molecular flexibility index (Phi) is 7.94. The third-order valence-electron chi connectivity index (χ3n) is 3.97. The third-order valence-corrected chi connectivity index (χ3v) is 9.70. The second kappa shape index (κ2) is 9.56. The van der Waals surface area contributed by atoms with Gasteiger partial charge in [-0.3, -0.25) is 28.0 Å². The highest BCUT2D eigenvalue weighted by Crippen LogP contribution is 2.64. The summed E-state index contributed by atoms with van der Waals surface area (Å²) >= 11 is 0. The number of azide groups is 1. The van der Waals surface area contributed by atoms with Crippen LogP contribution in [0.2, 0.25) is 0 Å². The Hall–Kier alpha value is -1.50. The summed E-state index contributed by atoms with van der Waals surface area (Å²) in [5.41, 5.74) is 7.61. The Labute approximate surface area is 174 Å². The maximum Gasteiger partial charge on any atom is 0.346 e. The Morgan fingerprint density at radius 1 is 1.39 bits per heavy atom. The minimum absolute atomic E-state index is 0.00491. The van der Waals surface area contributed by atoms with Crippen LogP contribution in [0.5, 0.6) is 0 Å². The molecule has 5 atom stereocenters. The maximum atomic E-state index is 12.3. The molecule has 20 heteroatoms. The molecule has 1 fully saturated rings. The minimum atomic E-state index is -4.95. The van der Waals surface area contributed by atoms with Crippen molar-refractivity contribution < 1.29 is 41.9 Å². The number of aromatic nitrogens is 2. The number of H-pyrrole nitrogens is 1. The molecule has 1 aromatic rings. The first-order chi connectivity index (χ1) is 14.1. The Morgan fingerprint density at radius 3 is 2.61 bits per heavy atom. The van der Waals surface area contributed by atoms with Gasteiger partial charge >= 0.3 is 20.9 Å². The predicted molar refractivity (Wildman–Crippen MR) is 107 cm³/mol. The molecule has 2 unspecified atom stereocenters. The highest BCUT2D eigenvalue weighted by Gasteiger charge is 2.40. The summed E-state index contributed by atoms with van der Waals surface area (Å²) in [6.45, 7) is 0.895. The first kappa shape index (κ1) is 25.8. The molecule has 1 aliphatic heterocycles. The van der Waals surface area contributed by atoms with Crippen LogP contribution in [0.1, 0.15) is 18.2 Å². The summed E-state index contributed by atoms with van der Waals surface area (Å²) in [4.78, 5) is 55.4. The van der Waals surface area contributed by atoms with E-state index in [0.717, 1.165) is 12.1 Å². The zero-order chi connectivity index (χ0) is 23.6. The van der Waals surface area contributed by atoms with E-state index < -0.39 is 64.8 Å². The summed E-state index contributed by atoms with van der Waals surface area (Å²) in [7, 11) is -13.4. The molecular weight excluding hydrogens is 482 g/mol. The summed E-state index contributed by atoms with van der Waals surface area (Å²) in [6.07, 6.45) is -0.783. The van der Waals surface area contributed by atoms with Gasteiger partial charge in [0.05, 0.1) is 18.8 Å². The number of hydrogen-bond acceptors (Lipinski definition) is 9. The van der Waals surface area contributed by atoms with Gasteiger partial charge in [0.25, 0.3) is 20.6 Å². The molecular formula is C11H19BN5O11P3. The zero-order valence-corrected chi connectivity index (χ0v) is 18.9. The summed E-state index contributed by atoms with van der Waals surface area (Å²) in [5.74, 6) is -1.56. The fraction of sp³-hybridized carbons (Fsp3) is 0.636. The van der Waals surface area contributed by atoms with Gasteiger partial charge in [-0.05, 0) is 12.5 Å². The van der Waals surface area contributed by atoms with E-state index in [1.807, 2.05) is 0 Å². The minimum Gasteiger partial charge on any atom is -0.352 e. The van der Waals surface area contributed by atoms with Gasteiger partial charge in [0.15, 0.2) is 5.90 Å². The van der Waals surface area contributed by atoms with Crippen molar-refractivity contribution in [2.45, 2.75) is 31.7 Å². The van der Waals surface area contributed by atoms with E-state index in [9.17, 15) is 28.2 Å². The van der Waals surface area contributed by atoms with Crippen LogP contribution in [0.15, 0.2) is 20.9 Å². The lowest BCUT2D eigenvalue weighted by atomic mass is 10.1. The van der Waals surface area contributed by atoms with Crippen molar-refractivity contribution in [2.24, 2.45) is 5.11 Å². The molecule has 0 saturated carbocycles. The smallest absolute Gasteiger partial charge is 0.346 e. The molecule has 0 radical (unpaired) electrons. The molecule has 0 aliphatic carbocycles. The maximum absolute atomic E-state index is 12.3. The largest absolute Gasteiger partial charge is 0.352 e. The van der Waals surface area contributed by atoms with Gasteiger partial charge in [-0.1, -0.05) is 5.11 Å². The van der Waals surface area contributed by atoms with Crippen LogP contribution in [-0.4, -0.2) is 56.5 Å². The van der Waals surface area contributed by atoms with Crippen LogP contribution in [-0.2, 0) is 27.3 Å². The van der Waals surface area contributed by atoms with Crippen LogP contribution in [0, 0.1) is 6.92 Å². The van der Waals surface area contributed by atoms with Gasteiger partial charge in [0.2, 0.25) is 0 Å². The van der Waals surface area contributed by atoms with Crippen LogP contribution in [0.25, 0.3) is 10.4 Å². The molecule has 31 heavy (non-hydrogen) atoms. The van der Waals surface area contributed by atoms with E-state index in [1.165, 1.54) is 13.1 Å². The highest BCUT2D eigenvalue weighted by molar-refractivity contribution is 7.85. The van der Waals surface area contributed by atoms with Gasteiger partial charge in [-0.15, -0.1) is 0 Å². The van der Waals surface area contributed by atoms with E-state index in [4.69, 9.17) is 24.6 Å². The fourth-order valence-electron chi connectivity index (χ4n) is 2.75. The van der Waals surface area contributed by atoms with Crippen LogP contribution in [0.4, 0.5) is 0 Å². The summed E-state index contributed by atoms with van der Waals surface area (Å²) in [6, 6.07) is -0.898. The lowest BCUT2D eigenvalue weighted by molar-refractivity contribution is -0.0230. The highest BCUT2D eigenvalue weighted by atomic mass is 31.3. The van der Waals surface area contributed by atoms with Gasteiger partial charge < -0.3 is 23.9 Å². The molecule has 172 valence electrons. The van der Waals surface area contributed by atoms with Gasteiger partial charge in [-0.25, -0.2) is 9.11 Å². The first-order valence-electron chi connectivity index (χ1n) is 8.44. The molecule has 1 aliphatic rings. The lowest BCUT2D eigenvalue weighted by Gasteiger charge is -2.22. The standard InChI is InChI=1S/C11H19BN5O11P3/c1-6-3-17(11(19)14-10(6)18)9-2-7(15-16-13)8(27-9)4-26-31(12,25)28-30(23,24)5-29(20,21)22/h3,7-9H,2,4-5,12H2,1H3,(H,23,24)(H,14,18,19)(H2,20,21,22)/t7-,8-,9-,31?/m1/s1. The van der Waals surface area contributed by atoms with Crippen molar-refractivity contribution in [3.63, 3.8) is 0 Å². The number of nitrogens with zero attached hydrogens (tertiary/aromatic N) is 4. The molecule has 1 aromatic heterocycles. The lowest BCUT2D eigenvalue weighted by Crippen LogP contribution is -2.33. The topological polar surface area (TPSA) is 243 Å². The molecule has 16 nitrogen and oxygen atoms in total. The normalized spacial score (nSPS) is 25.4. The summed E-state index contributed by atoms with van der Waals surface area (Å²) < 4.78 is 51.1. The molecule has 0 amide bonds. The zero-order valence-electron chi connectivity index (χ0n) is 16.2. The number of aryl methyl sites for hydroxylation is 1. The van der Waals surface area contributed by atoms with Crippen molar-refractivity contribution in [1.29, 1.82) is 0 Å². The predicted octanol–water partition coefficient (Wildman–Crippen LogP) is -0.0936. The van der Waals surface area contributed by atoms with E-state index in [2.05, 4.69) is 19.3 Å². The Morgan fingerprint density at radius 2 is 2.03 bits per heavy atom. The average molecular weight is 501 g/mol. The molecule has 0 bridgehead atoms. The third kappa shape index (κ3) is 7.55. The Bertz CT molecular complexity index is 1140. The summed E-state index contributed by atoms with van der Waals surface area (Å²) in [5, 5.41) is 3.52. The molecule has 1 saturated heterocycles. The van der Waals surface area contributed by atoms with Gasteiger partial charge in [-0.2, -0.15) is 0 Å². The van der Waals surface area contributed by atoms with Crippen molar-refractivity contribution in [3.8, 4) is 0 Å². The van der Waals surface area contributed by atoms with Crippen molar-refractivity contribution in [2.75, 3.05) is 12.5 Å². The second-order valence-electron chi connectivity index (χ2n) is 6.71. The van der Waals surface area contributed by atoms with Crippen LogP contribution >= 0.6 is 22.7 Å². The van der Waals surface area contributed by atoms with Gasteiger partial charge in [0.1, 0.15) is 6.23 Å². The monoisotopic (exact) mass is 501 g/mol. The number of nitrogens with one attached hydrogen (secondary N) is 1. The van der Waals surface area contributed by atoms with E-state index in [-0.39, 0.29) is 12.0 Å². The molecule has 2 heterocycles. The molecule has 2 rings (SSSR count).